The summed E-state index contributed by atoms with van der Waals surface area (Å²) in [5.41, 5.74) is 5.55. The largest absolute Gasteiger partial charge is 0.335 e. The van der Waals surface area contributed by atoms with E-state index in [0.717, 1.165) is 13.0 Å². The molecule has 3 nitrogen and oxygen atoms in total. The van der Waals surface area contributed by atoms with Crippen molar-refractivity contribution in [1.29, 1.82) is 0 Å². The molecule has 12 heavy (non-hydrogen) atoms. The van der Waals surface area contributed by atoms with E-state index in [0.29, 0.717) is 12.5 Å². The summed E-state index contributed by atoms with van der Waals surface area (Å²) < 4.78 is 0. The third-order valence-corrected chi connectivity index (χ3v) is 2.35. The Morgan fingerprint density at radius 2 is 2.50 bits per heavy atom. The average Bonchev–Trinajstić information content (AvgIpc) is 2.45. The number of likely N-dealkylation sites (tertiary alicyclic amines) is 1. The van der Waals surface area contributed by atoms with Gasteiger partial charge < -0.3 is 10.6 Å². The minimum Gasteiger partial charge on any atom is -0.335 e. The van der Waals surface area contributed by atoms with Crippen molar-refractivity contribution in [3.8, 4) is 0 Å². The van der Waals surface area contributed by atoms with Gasteiger partial charge in [-0.25, -0.2) is 0 Å². The fourth-order valence-electron chi connectivity index (χ4n) is 1.76. The molecule has 0 aromatic carbocycles. The van der Waals surface area contributed by atoms with Crippen LogP contribution in [0.3, 0.4) is 0 Å². The predicted molar refractivity (Wildman–Crippen MR) is 48.5 cm³/mol. The standard InChI is InChI=1S/C9H16N2O/c1-3-9(12)11-6-7(2)4-8(11)5-10/h3,7-8H,1,4-6,10H2,2H3/t7-,8+/m0/s1. The zero-order valence-electron chi connectivity index (χ0n) is 7.49. The van der Waals surface area contributed by atoms with E-state index in [-0.39, 0.29) is 11.9 Å². The summed E-state index contributed by atoms with van der Waals surface area (Å²) in [6, 6.07) is 0.227. The van der Waals surface area contributed by atoms with Crippen molar-refractivity contribution in [3.05, 3.63) is 12.7 Å². The van der Waals surface area contributed by atoms with E-state index >= 15 is 0 Å². The topological polar surface area (TPSA) is 46.3 Å². The molecule has 0 unspecified atom stereocenters. The van der Waals surface area contributed by atoms with Gasteiger partial charge in [-0.2, -0.15) is 0 Å². The van der Waals surface area contributed by atoms with Crippen LogP contribution in [0.15, 0.2) is 12.7 Å². The molecule has 0 bridgehead atoms. The van der Waals surface area contributed by atoms with Crippen molar-refractivity contribution in [2.45, 2.75) is 19.4 Å². The Morgan fingerprint density at radius 1 is 1.83 bits per heavy atom. The number of carbonyl (C=O) groups excluding carboxylic acids is 1. The molecule has 1 aliphatic heterocycles. The summed E-state index contributed by atoms with van der Waals surface area (Å²) in [7, 11) is 0. The zero-order chi connectivity index (χ0) is 9.14. The Balaban J connectivity index is 2.63. The number of nitrogens with two attached hydrogens (primary N) is 1. The van der Waals surface area contributed by atoms with Crippen molar-refractivity contribution in [2.24, 2.45) is 11.7 Å². The van der Waals surface area contributed by atoms with Crippen molar-refractivity contribution < 1.29 is 4.79 Å². The molecule has 1 fully saturated rings. The summed E-state index contributed by atoms with van der Waals surface area (Å²) in [5.74, 6) is 0.581. The Bertz CT molecular complexity index is 191. The molecular formula is C9H16N2O. The van der Waals surface area contributed by atoms with Crippen LogP contribution in [0.1, 0.15) is 13.3 Å². The van der Waals surface area contributed by atoms with Gasteiger partial charge in [0.15, 0.2) is 0 Å². The van der Waals surface area contributed by atoms with Crippen molar-refractivity contribution in [3.63, 3.8) is 0 Å². The van der Waals surface area contributed by atoms with E-state index in [2.05, 4.69) is 13.5 Å². The Hall–Kier alpha value is -0.830. The van der Waals surface area contributed by atoms with Gasteiger partial charge in [-0.3, -0.25) is 4.79 Å². The van der Waals surface area contributed by atoms with Crippen molar-refractivity contribution in [1.82, 2.24) is 4.90 Å². The second kappa shape index (κ2) is 3.72. The molecule has 1 amide bonds. The van der Waals surface area contributed by atoms with Gasteiger partial charge in [-0.15, -0.1) is 0 Å². The molecular weight excluding hydrogens is 152 g/mol. The fraction of sp³-hybridized carbons (Fsp3) is 0.667. The molecule has 0 spiro atoms. The van der Waals surface area contributed by atoms with Gasteiger partial charge >= 0.3 is 0 Å². The molecule has 68 valence electrons. The SMILES string of the molecule is C=CC(=O)N1C[C@@H](C)C[C@@H]1CN. The zero-order valence-corrected chi connectivity index (χ0v) is 7.49. The van der Waals surface area contributed by atoms with E-state index in [1.54, 1.807) is 0 Å². The monoisotopic (exact) mass is 168 g/mol. The molecule has 1 heterocycles. The number of hydrogen-bond acceptors (Lipinski definition) is 2. The van der Waals surface area contributed by atoms with Crippen LogP contribution in [0.2, 0.25) is 0 Å². The minimum absolute atomic E-state index is 0.00907. The van der Waals surface area contributed by atoms with Crippen LogP contribution in [-0.2, 0) is 4.79 Å². The molecule has 2 atom stereocenters. The maximum absolute atomic E-state index is 11.3. The van der Waals surface area contributed by atoms with Gasteiger partial charge in [0.1, 0.15) is 0 Å². The number of rotatable bonds is 2. The quantitative estimate of drug-likeness (QED) is 0.605. The van der Waals surface area contributed by atoms with Crippen LogP contribution >= 0.6 is 0 Å². The summed E-state index contributed by atoms with van der Waals surface area (Å²) in [6.45, 7) is 6.99. The Labute approximate surface area is 73.2 Å². The first-order valence-electron chi connectivity index (χ1n) is 4.32. The molecule has 1 saturated heterocycles. The van der Waals surface area contributed by atoms with Crippen LogP contribution in [0.4, 0.5) is 0 Å². The number of carbonyl (C=O) groups is 1. The highest BCUT2D eigenvalue weighted by atomic mass is 16.2. The summed E-state index contributed by atoms with van der Waals surface area (Å²) in [5, 5.41) is 0. The van der Waals surface area contributed by atoms with Crippen LogP contribution < -0.4 is 5.73 Å². The molecule has 1 rings (SSSR count). The highest BCUT2D eigenvalue weighted by Gasteiger charge is 2.30. The predicted octanol–water partition coefficient (Wildman–Crippen LogP) is 0.368. The van der Waals surface area contributed by atoms with Gasteiger partial charge in [0.05, 0.1) is 0 Å². The smallest absolute Gasteiger partial charge is 0.246 e. The first kappa shape index (κ1) is 9.26. The number of hydrogen-bond donors (Lipinski definition) is 1. The van der Waals surface area contributed by atoms with Crippen LogP contribution in [-0.4, -0.2) is 29.9 Å². The Morgan fingerprint density at radius 3 is 3.00 bits per heavy atom. The van der Waals surface area contributed by atoms with Gasteiger partial charge in [-0.1, -0.05) is 13.5 Å². The summed E-state index contributed by atoms with van der Waals surface area (Å²) in [6.07, 6.45) is 2.39. The van der Waals surface area contributed by atoms with E-state index in [9.17, 15) is 4.79 Å². The molecule has 0 aliphatic carbocycles. The first-order chi connectivity index (χ1) is 5.69. The fourth-order valence-corrected chi connectivity index (χ4v) is 1.76. The van der Waals surface area contributed by atoms with E-state index in [1.165, 1.54) is 6.08 Å². The van der Waals surface area contributed by atoms with Crippen LogP contribution in [0.5, 0.6) is 0 Å². The maximum atomic E-state index is 11.3. The lowest BCUT2D eigenvalue weighted by Gasteiger charge is -2.21. The molecule has 2 N–H and O–H groups in total. The van der Waals surface area contributed by atoms with Crippen molar-refractivity contribution >= 4 is 5.91 Å². The molecule has 0 saturated carbocycles. The molecule has 0 aromatic heterocycles. The lowest BCUT2D eigenvalue weighted by atomic mass is 10.1. The normalized spacial score (nSPS) is 29.0. The average molecular weight is 168 g/mol. The molecule has 1 aliphatic rings. The van der Waals surface area contributed by atoms with Gasteiger partial charge in [-0.05, 0) is 18.4 Å². The third-order valence-electron chi connectivity index (χ3n) is 2.35. The molecule has 3 heteroatoms. The second-order valence-corrected chi connectivity index (χ2v) is 3.43. The number of nitrogens with zero attached hydrogens (tertiary/aromatic N) is 1. The number of amides is 1. The van der Waals surface area contributed by atoms with Gasteiger partial charge in [0.2, 0.25) is 5.91 Å². The van der Waals surface area contributed by atoms with Crippen molar-refractivity contribution in [2.75, 3.05) is 13.1 Å². The molecule has 0 aromatic rings. The summed E-state index contributed by atoms with van der Waals surface area (Å²) >= 11 is 0. The molecule has 0 radical (unpaired) electrons. The Kier molecular flexibility index (Phi) is 2.87. The lowest BCUT2D eigenvalue weighted by molar-refractivity contribution is -0.126. The summed E-state index contributed by atoms with van der Waals surface area (Å²) in [4.78, 5) is 13.1. The second-order valence-electron chi connectivity index (χ2n) is 3.43. The van der Waals surface area contributed by atoms with E-state index < -0.39 is 0 Å². The lowest BCUT2D eigenvalue weighted by Crippen LogP contribution is -2.38. The van der Waals surface area contributed by atoms with Crippen LogP contribution in [0.25, 0.3) is 0 Å². The maximum Gasteiger partial charge on any atom is 0.246 e. The highest BCUT2D eigenvalue weighted by molar-refractivity contribution is 5.87. The highest BCUT2D eigenvalue weighted by Crippen LogP contribution is 2.21. The minimum atomic E-state index is 0.00907. The van der Waals surface area contributed by atoms with Crippen LogP contribution in [0, 0.1) is 5.92 Å². The van der Waals surface area contributed by atoms with Gasteiger partial charge in [0, 0.05) is 19.1 Å². The van der Waals surface area contributed by atoms with E-state index in [4.69, 9.17) is 5.73 Å². The van der Waals surface area contributed by atoms with E-state index in [1.807, 2.05) is 4.90 Å². The first-order valence-corrected chi connectivity index (χ1v) is 4.32. The third kappa shape index (κ3) is 1.67. The van der Waals surface area contributed by atoms with Gasteiger partial charge in [0.25, 0.3) is 0 Å².